The van der Waals surface area contributed by atoms with E-state index in [1.54, 1.807) is 13.0 Å². The normalized spacial score (nSPS) is 14.6. The van der Waals surface area contributed by atoms with Gasteiger partial charge in [-0.2, -0.15) is 0 Å². The molecule has 1 fully saturated rings. The number of halogens is 1. The summed E-state index contributed by atoms with van der Waals surface area (Å²) in [7, 11) is 0. The van der Waals surface area contributed by atoms with E-state index in [0.29, 0.717) is 52.1 Å². The number of aromatic nitrogens is 1. The molecular weight excluding hydrogens is 436 g/mol. The van der Waals surface area contributed by atoms with Crippen molar-refractivity contribution >= 4 is 34.8 Å². The highest BCUT2D eigenvalue weighted by Gasteiger charge is 2.29. The van der Waals surface area contributed by atoms with Gasteiger partial charge in [0.15, 0.2) is 0 Å². The van der Waals surface area contributed by atoms with Crippen LogP contribution in [0.15, 0.2) is 46.3 Å². The first-order valence-electron chi connectivity index (χ1n) is 10.1. The number of benzene rings is 1. The van der Waals surface area contributed by atoms with Gasteiger partial charge in [-0.3, -0.25) is 14.5 Å². The highest BCUT2D eigenvalue weighted by atomic mass is 35.5. The molecule has 0 bridgehead atoms. The SMILES string of the molecule is Cc1onc(-c2ccccc2Cl)c1C(=O)N1CCN(CCNC(=O)c2cccs2)CC1. The maximum absolute atomic E-state index is 13.2. The van der Waals surface area contributed by atoms with Crippen LogP contribution in [-0.2, 0) is 0 Å². The van der Waals surface area contributed by atoms with E-state index in [0.717, 1.165) is 19.6 Å². The molecule has 2 amide bonds. The molecule has 1 N–H and O–H groups in total. The molecule has 162 valence electrons. The monoisotopic (exact) mass is 458 g/mol. The number of rotatable bonds is 6. The lowest BCUT2D eigenvalue weighted by Gasteiger charge is -2.34. The summed E-state index contributed by atoms with van der Waals surface area (Å²) in [6.07, 6.45) is 0. The van der Waals surface area contributed by atoms with Crippen LogP contribution >= 0.6 is 22.9 Å². The van der Waals surface area contributed by atoms with E-state index in [1.807, 2.05) is 40.6 Å². The van der Waals surface area contributed by atoms with Crippen molar-refractivity contribution in [2.45, 2.75) is 6.92 Å². The lowest BCUT2D eigenvalue weighted by molar-refractivity contribution is 0.0637. The molecule has 2 aromatic heterocycles. The van der Waals surface area contributed by atoms with E-state index in [1.165, 1.54) is 11.3 Å². The van der Waals surface area contributed by atoms with Crippen LogP contribution in [0.2, 0.25) is 5.02 Å². The van der Waals surface area contributed by atoms with Crippen LogP contribution in [0.3, 0.4) is 0 Å². The molecular formula is C22H23ClN4O3S. The zero-order valence-electron chi connectivity index (χ0n) is 17.1. The van der Waals surface area contributed by atoms with Gasteiger partial charge in [-0.05, 0) is 24.4 Å². The fourth-order valence-electron chi connectivity index (χ4n) is 3.62. The number of amides is 2. The number of aryl methyl sites for hydroxylation is 1. The van der Waals surface area contributed by atoms with E-state index in [2.05, 4.69) is 15.4 Å². The topological polar surface area (TPSA) is 78.7 Å². The summed E-state index contributed by atoms with van der Waals surface area (Å²) in [5.74, 6) is 0.344. The Hall–Kier alpha value is -2.68. The molecule has 31 heavy (non-hydrogen) atoms. The Morgan fingerprint density at radius 1 is 1.16 bits per heavy atom. The lowest BCUT2D eigenvalue weighted by atomic mass is 10.0. The summed E-state index contributed by atoms with van der Waals surface area (Å²) in [5.41, 5.74) is 1.63. The summed E-state index contributed by atoms with van der Waals surface area (Å²) in [4.78, 5) is 30.0. The summed E-state index contributed by atoms with van der Waals surface area (Å²) < 4.78 is 5.34. The van der Waals surface area contributed by atoms with Crippen molar-refractivity contribution in [3.63, 3.8) is 0 Å². The lowest BCUT2D eigenvalue weighted by Crippen LogP contribution is -2.50. The third kappa shape index (κ3) is 4.81. The van der Waals surface area contributed by atoms with E-state index in [9.17, 15) is 9.59 Å². The van der Waals surface area contributed by atoms with E-state index >= 15 is 0 Å². The van der Waals surface area contributed by atoms with Gasteiger partial charge in [-0.1, -0.05) is 41.0 Å². The van der Waals surface area contributed by atoms with Gasteiger partial charge in [0.05, 0.1) is 9.90 Å². The van der Waals surface area contributed by atoms with Gasteiger partial charge in [-0.25, -0.2) is 0 Å². The minimum atomic E-state index is -0.0979. The first-order valence-corrected chi connectivity index (χ1v) is 11.3. The average molecular weight is 459 g/mol. The smallest absolute Gasteiger partial charge is 0.261 e. The minimum Gasteiger partial charge on any atom is -0.360 e. The summed E-state index contributed by atoms with van der Waals surface area (Å²) in [6.45, 7) is 5.75. The molecule has 1 aromatic carbocycles. The Kier molecular flexibility index (Phi) is 6.70. The summed E-state index contributed by atoms with van der Waals surface area (Å²) in [5, 5.41) is 9.46. The third-order valence-electron chi connectivity index (χ3n) is 5.32. The van der Waals surface area contributed by atoms with E-state index in [-0.39, 0.29) is 11.8 Å². The van der Waals surface area contributed by atoms with Crippen LogP contribution < -0.4 is 5.32 Å². The molecule has 0 atom stereocenters. The number of carbonyl (C=O) groups excluding carboxylic acids is 2. The van der Waals surface area contributed by atoms with Crippen LogP contribution in [0.25, 0.3) is 11.3 Å². The van der Waals surface area contributed by atoms with Gasteiger partial charge >= 0.3 is 0 Å². The number of piperazine rings is 1. The summed E-state index contributed by atoms with van der Waals surface area (Å²) in [6, 6.07) is 11.0. The van der Waals surface area contributed by atoms with Gasteiger partial charge < -0.3 is 14.7 Å². The fourth-order valence-corrected chi connectivity index (χ4v) is 4.48. The van der Waals surface area contributed by atoms with E-state index in [4.69, 9.17) is 16.1 Å². The highest BCUT2D eigenvalue weighted by molar-refractivity contribution is 7.12. The first-order chi connectivity index (χ1) is 15.0. The van der Waals surface area contributed by atoms with Crippen LogP contribution in [0, 0.1) is 6.92 Å². The van der Waals surface area contributed by atoms with Crippen LogP contribution in [0.1, 0.15) is 25.8 Å². The predicted octanol–water partition coefficient (Wildman–Crippen LogP) is 3.55. The zero-order valence-corrected chi connectivity index (χ0v) is 18.7. The van der Waals surface area contributed by atoms with Crippen molar-refractivity contribution in [3.8, 4) is 11.3 Å². The molecule has 7 nitrogen and oxygen atoms in total. The van der Waals surface area contributed by atoms with Crippen LogP contribution in [-0.4, -0.2) is 66.0 Å². The van der Waals surface area contributed by atoms with Crippen molar-refractivity contribution < 1.29 is 14.1 Å². The molecule has 1 saturated heterocycles. The molecule has 0 saturated carbocycles. The molecule has 1 aliphatic heterocycles. The molecule has 9 heteroatoms. The maximum Gasteiger partial charge on any atom is 0.261 e. The van der Waals surface area contributed by atoms with Gasteiger partial charge in [-0.15, -0.1) is 11.3 Å². The maximum atomic E-state index is 13.2. The zero-order chi connectivity index (χ0) is 21.8. The number of hydrogen-bond donors (Lipinski definition) is 1. The second-order valence-electron chi connectivity index (χ2n) is 7.31. The van der Waals surface area contributed by atoms with Gasteiger partial charge in [0.25, 0.3) is 11.8 Å². The van der Waals surface area contributed by atoms with Crippen molar-refractivity contribution in [3.05, 3.63) is 63.0 Å². The average Bonchev–Trinajstić information content (AvgIpc) is 3.44. The molecule has 0 radical (unpaired) electrons. The molecule has 0 unspecified atom stereocenters. The largest absolute Gasteiger partial charge is 0.360 e. The quantitative estimate of drug-likeness (QED) is 0.611. The second kappa shape index (κ2) is 9.64. The second-order valence-corrected chi connectivity index (χ2v) is 8.66. The van der Waals surface area contributed by atoms with Gasteiger partial charge in [0.1, 0.15) is 17.0 Å². The number of hydrogen-bond acceptors (Lipinski definition) is 6. The van der Waals surface area contributed by atoms with Crippen molar-refractivity contribution in [1.29, 1.82) is 0 Å². The fraction of sp³-hybridized carbons (Fsp3) is 0.318. The Labute approximate surface area is 189 Å². The van der Waals surface area contributed by atoms with Gasteiger partial charge in [0.2, 0.25) is 0 Å². The molecule has 0 spiro atoms. The highest BCUT2D eigenvalue weighted by Crippen LogP contribution is 2.31. The molecule has 0 aliphatic carbocycles. The van der Waals surface area contributed by atoms with Gasteiger partial charge in [0, 0.05) is 44.8 Å². The number of nitrogens with zero attached hydrogens (tertiary/aromatic N) is 3. The Morgan fingerprint density at radius 3 is 2.65 bits per heavy atom. The Morgan fingerprint density at radius 2 is 1.94 bits per heavy atom. The Balaban J connectivity index is 1.33. The standard InChI is InChI=1S/C22H23ClN4O3S/c1-15-19(20(25-30-15)16-5-2-3-6-17(16)23)22(29)27-12-10-26(11-13-27)9-8-24-21(28)18-7-4-14-31-18/h2-7,14H,8-13H2,1H3,(H,24,28). The van der Waals surface area contributed by atoms with E-state index < -0.39 is 0 Å². The molecule has 4 rings (SSSR count). The predicted molar refractivity (Wildman–Crippen MR) is 121 cm³/mol. The van der Waals surface area contributed by atoms with Crippen LogP contribution in [0.4, 0.5) is 0 Å². The Bertz CT molecular complexity index is 1060. The van der Waals surface area contributed by atoms with Crippen molar-refractivity contribution in [1.82, 2.24) is 20.3 Å². The van der Waals surface area contributed by atoms with Crippen LogP contribution in [0.5, 0.6) is 0 Å². The number of nitrogens with one attached hydrogen (secondary N) is 1. The first kappa shape index (κ1) is 21.5. The number of carbonyl (C=O) groups is 2. The molecule has 3 heterocycles. The summed E-state index contributed by atoms with van der Waals surface area (Å²) >= 11 is 7.74. The van der Waals surface area contributed by atoms with Crippen molar-refractivity contribution in [2.75, 3.05) is 39.3 Å². The number of thiophene rings is 1. The molecule has 3 aromatic rings. The third-order valence-corrected chi connectivity index (χ3v) is 6.52. The molecule has 1 aliphatic rings. The van der Waals surface area contributed by atoms with Crippen molar-refractivity contribution in [2.24, 2.45) is 0 Å². The minimum absolute atomic E-state index is 0.0427.